The molecule has 0 aliphatic carbocycles. The molecule has 6 nitrogen and oxygen atoms in total. The molecule has 1 unspecified atom stereocenters. The third kappa shape index (κ3) is 6.24. The van der Waals surface area contributed by atoms with E-state index in [2.05, 4.69) is 34.6 Å². The Morgan fingerprint density at radius 2 is 1.91 bits per heavy atom. The molecule has 0 bridgehead atoms. The third-order valence-electron chi connectivity index (χ3n) is 5.66. The predicted molar refractivity (Wildman–Crippen MR) is 137 cm³/mol. The number of morpholine rings is 1. The molecule has 3 aromatic rings. The summed E-state index contributed by atoms with van der Waals surface area (Å²) in [5, 5.41) is 6.84. The number of nitrogens with one attached hydrogen (secondary N) is 2. The van der Waals surface area contributed by atoms with Crippen LogP contribution in [0, 0.1) is 6.92 Å². The third-order valence-corrected chi connectivity index (χ3v) is 7.14. The first-order valence-electron chi connectivity index (χ1n) is 11.3. The first-order valence-corrected chi connectivity index (χ1v) is 12.4. The summed E-state index contributed by atoms with van der Waals surface area (Å²) >= 11 is 7.37. The number of halogens is 1. The zero-order valence-electron chi connectivity index (χ0n) is 19.3. The van der Waals surface area contributed by atoms with E-state index in [1.807, 2.05) is 19.1 Å². The van der Waals surface area contributed by atoms with Gasteiger partial charge in [0.05, 0.1) is 33.2 Å². The van der Waals surface area contributed by atoms with Gasteiger partial charge in [-0.05, 0) is 48.7 Å². The van der Waals surface area contributed by atoms with Gasteiger partial charge in [-0.1, -0.05) is 48.0 Å². The van der Waals surface area contributed by atoms with Crippen LogP contribution in [0.1, 0.15) is 43.6 Å². The lowest BCUT2D eigenvalue weighted by Gasteiger charge is -2.31. The van der Waals surface area contributed by atoms with Crippen LogP contribution in [0.4, 0.5) is 5.00 Å². The maximum Gasteiger partial charge on any atom is 0.261 e. The van der Waals surface area contributed by atoms with E-state index in [-0.39, 0.29) is 17.9 Å². The summed E-state index contributed by atoms with van der Waals surface area (Å²) in [5.41, 5.74) is 3.48. The van der Waals surface area contributed by atoms with Gasteiger partial charge >= 0.3 is 0 Å². The lowest BCUT2D eigenvalue weighted by atomic mass is 10.1. The smallest absolute Gasteiger partial charge is 0.261 e. The Labute approximate surface area is 208 Å². The van der Waals surface area contributed by atoms with Crippen LogP contribution in [0.25, 0.3) is 0 Å². The molecule has 2 aromatic carbocycles. The number of hydrogen-bond donors (Lipinski definition) is 2. The monoisotopic (exact) mass is 497 g/mol. The van der Waals surface area contributed by atoms with E-state index in [0.29, 0.717) is 27.0 Å². The van der Waals surface area contributed by atoms with Crippen LogP contribution >= 0.6 is 22.9 Å². The molecule has 0 radical (unpaired) electrons. The van der Waals surface area contributed by atoms with Crippen LogP contribution in [-0.4, -0.2) is 42.5 Å². The minimum atomic E-state index is -0.301. The van der Waals surface area contributed by atoms with Crippen molar-refractivity contribution in [2.24, 2.45) is 0 Å². The molecule has 8 heteroatoms. The summed E-state index contributed by atoms with van der Waals surface area (Å²) in [4.78, 5) is 28.3. The highest BCUT2D eigenvalue weighted by atomic mass is 35.5. The first kappa shape index (κ1) is 24.4. The zero-order chi connectivity index (χ0) is 24.1. The molecule has 34 heavy (non-hydrogen) atoms. The molecule has 4 rings (SSSR count). The Kier molecular flexibility index (Phi) is 8.00. The minimum absolute atomic E-state index is 0.159. The maximum atomic E-state index is 12.8. The molecule has 1 aromatic heterocycles. The van der Waals surface area contributed by atoms with Crippen LogP contribution in [0.5, 0.6) is 0 Å². The van der Waals surface area contributed by atoms with Crippen molar-refractivity contribution in [3.8, 4) is 0 Å². The van der Waals surface area contributed by atoms with Crippen molar-refractivity contribution in [2.45, 2.75) is 33.0 Å². The number of anilines is 1. The summed E-state index contributed by atoms with van der Waals surface area (Å²) in [6, 6.07) is 17.0. The fraction of sp³-hybridized carbons (Fsp3) is 0.308. The Hall–Kier alpha value is -2.71. The number of benzene rings is 2. The lowest BCUT2D eigenvalue weighted by molar-refractivity contribution is -0.0212. The van der Waals surface area contributed by atoms with Gasteiger partial charge in [-0.25, -0.2) is 0 Å². The van der Waals surface area contributed by atoms with Gasteiger partial charge in [0.1, 0.15) is 0 Å². The second kappa shape index (κ2) is 11.1. The second-order valence-electron chi connectivity index (χ2n) is 8.48. The summed E-state index contributed by atoms with van der Waals surface area (Å²) < 4.78 is 5.62. The number of thiophene rings is 1. The van der Waals surface area contributed by atoms with E-state index in [9.17, 15) is 9.59 Å². The highest BCUT2D eigenvalue weighted by Crippen LogP contribution is 2.28. The minimum Gasteiger partial charge on any atom is -0.376 e. The fourth-order valence-electron chi connectivity index (χ4n) is 3.99. The second-order valence-corrected chi connectivity index (χ2v) is 9.94. The van der Waals surface area contributed by atoms with E-state index >= 15 is 0 Å². The number of amides is 2. The quantitative estimate of drug-likeness (QED) is 0.475. The largest absolute Gasteiger partial charge is 0.376 e. The lowest BCUT2D eigenvalue weighted by Crippen LogP contribution is -2.40. The molecule has 1 fully saturated rings. The summed E-state index contributed by atoms with van der Waals surface area (Å²) in [5.74, 6) is -0.460. The average molecular weight is 498 g/mol. The topological polar surface area (TPSA) is 70.7 Å². The maximum absolute atomic E-state index is 12.8. The molecule has 0 spiro atoms. The number of rotatable bonds is 7. The molecular formula is C26H28ClN3O3S. The van der Waals surface area contributed by atoms with Gasteiger partial charge in [0, 0.05) is 26.2 Å². The van der Waals surface area contributed by atoms with Gasteiger partial charge < -0.3 is 15.4 Å². The highest BCUT2D eigenvalue weighted by Gasteiger charge is 2.18. The molecule has 2 heterocycles. The van der Waals surface area contributed by atoms with Crippen LogP contribution in [0.2, 0.25) is 5.02 Å². The first-order chi connectivity index (χ1) is 16.4. The Balaban J connectivity index is 1.35. The zero-order valence-corrected chi connectivity index (χ0v) is 20.8. The molecule has 1 aliphatic heterocycles. The van der Waals surface area contributed by atoms with E-state index in [4.69, 9.17) is 16.3 Å². The molecule has 0 saturated carbocycles. The average Bonchev–Trinajstić information content (AvgIpc) is 3.18. The molecule has 1 aliphatic rings. The number of aryl methyl sites for hydroxylation is 1. The van der Waals surface area contributed by atoms with Crippen molar-refractivity contribution >= 4 is 39.8 Å². The van der Waals surface area contributed by atoms with E-state index in [0.717, 1.165) is 37.4 Å². The van der Waals surface area contributed by atoms with Crippen molar-refractivity contribution < 1.29 is 14.3 Å². The molecule has 1 atom stereocenters. The summed E-state index contributed by atoms with van der Waals surface area (Å²) in [6.45, 7) is 7.88. The van der Waals surface area contributed by atoms with Crippen LogP contribution in [-0.2, 0) is 17.8 Å². The van der Waals surface area contributed by atoms with E-state index in [1.165, 1.54) is 16.9 Å². The number of carbonyl (C=O) groups is 2. The van der Waals surface area contributed by atoms with Gasteiger partial charge in [-0.2, -0.15) is 0 Å². The van der Waals surface area contributed by atoms with Crippen molar-refractivity contribution in [1.29, 1.82) is 0 Å². The van der Waals surface area contributed by atoms with Gasteiger partial charge in [-0.15, -0.1) is 11.3 Å². The van der Waals surface area contributed by atoms with Crippen molar-refractivity contribution in [2.75, 3.05) is 25.0 Å². The van der Waals surface area contributed by atoms with Gasteiger partial charge in [0.15, 0.2) is 0 Å². The Bertz CT molecular complexity index is 1180. The number of hydrogen-bond acceptors (Lipinski definition) is 5. The normalized spacial score (nSPS) is 16.3. The number of nitrogens with zero attached hydrogens (tertiary/aromatic N) is 1. The van der Waals surface area contributed by atoms with Gasteiger partial charge in [0.2, 0.25) is 0 Å². The molecule has 2 N–H and O–H groups in total. The SMILES string of the molecule is Cc1cc(NC(=O)c2ccccc2Cl)sc1C(=O)NCc1cccc(CN2CCOC(C)C2)c1. The van der Waals surface area contributed by atoms with Crippen LogP contribution < -0.4 is 10.6 Å². The predicted octanol–water partition coefficient (Wildman–Crippen LogP) is 5.11. The van der Waals surface area contributed by atoms with E-state index in [1.54, 1.807) is 30.3 Å². The number of carbonyl (C=O) groups excluding carboxylic acids is 2. The fourth-order valence-corrected chi connectivity index (χ4v) is 5.19. The van der Waals surface area contributed by atoms with E-state index < -0.39 is 0 Å². The van der Waals surface area contributed by atoms with Crippen LogP contribution in [0.15, 0.2) is 54.6 Å². The van der Waals surface area contributed by atoms with Crippen molar-refractivity contribution in [3.63, 3.8) is 0 Å². The summed E-state index contributed by atoms with van der Waals surface area (Å²) in [7, 11) is 0. The van der Waals surface area contributed by atoms with Crippen LogP contribution in [0.3, 0.4) is 0 Å². The van der Waals surface area contributed by atoms with Crippen molar-refractivity contribution in [3.05, 3.63) is 86.8 Å². The standard InChI is InChI=1S/C26H28ClN3O3S/c1-17-12-23(29-25(31)21-8-3-4-9-22(21)27)34-24(17)26(32)28-14-19-6-5-7-20(13-19)16-30-10-11-33-18(2)15-30/h3-9,12-13,18H,10-11,14-16H2,1-2H3,(H,28,32)(H,29,31). The molecular weight excluding hydrogens is 470 g/mol. The molecule has 1 saturated heterocycles. The van der Waals surface area contributed by atoms with Crippen molar-refractivity contribution in [1.82, 2.24) is 10.2 Å². The summed E-state index contributed by atoms with van der Waals surface area (Å²) in [6.07, 6.45) is 0.254. The Morgan fingerprint density at radius 1 is 1.12 bits per heavy atom. The van der Waals surface area contributed by atoms with Gasteiger partial charge in [0.25, 0.3) is 11.8 Å². The molecule has 178 valence electrons. The number of ether oxygens (including phenoxy) is 1. The molecule has 2 amide bonds. The highest BCUT2D eigenvalue weighted by molar-refractivity contribution is 7.18. The Morgan fingerprint density at radius 3 is 2.71 bits per heavy atom. The van der Waals surface area contributed by atoms with Gasteiger partial charge in [-0.3, -0.25) is 14.5 Å².